The first-order valence-electron chi connectivity index (χ1n) is 6.01. The SMILES string of the molecule is CNc1cc(S(=O)(=O)NC(C)CC(C)C)ccn1. The molecule has 1 rings (SSSR count). The van der Waals surface area contributed by atoms with Crippen molar-refractivity contribution in [2.24, 2.45) is 5.92 Å². The van der Waals surface area contributed by atoms with Crippen LogP contribution >= 0.6 is 0 Å². The Bertz CT molecular complexity index is 486. The molecular formula is C12H21N3O2S. The lowest BCUT2D eigenvalue weighted by Crippen LogP contribution is -2.33. The largest absolute Gasteiger partial charge is 0.373 e. The molecule has 0 aliphatic heterocycles. The third-order valence-corrected chi connectivity index (χ3v) is 4.07. The second kappa shape index (κ2) is 6.15. The maximum absolute atomic E-state index is 12.1. The Labute approximate surface area is 109 Å². The number of hydrogen-bond acceptors (Lipinski definition) is 4. The van der Waals surface area contributed by atoms with Gasteiger partial charge in [-0.15, -0.1) is 0 Å². The summed E-state index contributed by atoms with van der Waals surface area (Å²) >= 11 is 0. The minimum Gasteiger partial charge on any atom is -0.373 e. The van der Waals surface area contributed by atoms with Crippen LogP contribution in [0.5, 0.6) is 0 Å². The third kappa shape index (κ3) is 4.27. The number of rotatable bonds is 6. The number of pyridine rings is 1. The summed E-state index contributed by atoms with van der Waals surface area (Å²) < 4.78 is 26.9. The van der Waals surface area contributed by atoms with E-state index in [-0.39, 0.29) is 10.9 Å². The van der Waals surface area contributed by atoms with Crippen molar-refractivity contribution in [1.82, 2.24) is 9.71 Å². The summed E-state index contributed by atoms with van der Waals surface area (Å²) in [6.45, 7) is 6.00. The second-order valence-electron chi connectivity index (χ2n) is 4.78. The summed E-state index contributed by atoms with van der Waals surface area (Å²) in [5.41, 5.74) is 0. The van der Waals surface area contributed by atoms with Gasteiger partial charge < -0.3 is 5.32 Å². The van der Waals surface area contributed by atoms with Crippen LogP contribution in [0, 0.1) is 5.92 Å². The van der Waals surface area contributed by atoms with Gasteiger partial charge in [-0.3, -0.25) is 0 Å². The van der Waals surface area contributed by atoms with Crippen molar-refractivity contribution >= 4 is 15.8 Å². The van der Waals surface area contributed by atoms with Crippen LogP contribution in [0.15, 0.2) is 23.2 Å². The molecule has 0 saturated heterocycles. The van der Waals surface area contributed by atoms with Gasteiger partial charge in [0.2, 0.25) is 10.0 Å². The highest BCUT2D eigenvalue weighted by molar-refractivity contribution is 7.89. The van der Waals surface area contributed by atoms with E-state index in [1.807, 2.05) is 6.92 Å². The molecule has 18 heavy (non-hydrogen) atoms. The summed E-state index contributed by atoms with van der Waals surface area (Å²) in [5, 5.41) is 2.82. The molecule has 1 unspecified atom stereocenters. The average Bonchev–Trinajstić information content (AvgIpc) is 2.27. The molecule has 0 aliphatic carbocycles. The molecule has 1 aromatic rings. The first kappa shape index (κ1) is 14.9. The van der Waals surface area contributed by atoms with E-state index in [1.165, 1.54) is 18.3 Å². The highest BCUT2D eigenvalue weighted by Gasteiger charge is 2.18. The molecule has 1 atom stereocenters. The highest BCUT2D eigenvalue weighted by atomic mass is 32.2. The number of hydrogen-bond donors (Lipinski definition) is 2. The lowest BCUT2D eigenvalue weighted by molar-refractivity contribution is 0.482. The molecule has 0 aromatic carbocycles. The van der Waals surface area contributed by atoms with E-state index in [0.717, 1.165) is 6.42 Å². The molecular weight excluding hydrogens is 250 g/mol. The number of nitrogens with one attached hydrogen (secondary N) is 2. The monoisotopic (exact) mass is 271 g/mol. The normalized spacial score (nSPS) is 13.6. The van der Waals surface area contributed by atoms with Gasteiger partial charge in [-0.2, -0.15) is 0 Å². The van der Waals surface area contributed by atoms with Gasteiger partial charge in [0.15, 0.2) is 0 Å². The molecule has 0 bridgehead atoms. The van der Waals surface area contributed by atoms with Crippen LogP contribution in [0.2, 0.25) is 0 Å². The molecule has 0 fully saturated rings. The van der Waals surface area contributed by atoms with E-state index in [9.17, 15) is 8.42 Å². The first-order chi connectivity index (χ1) is 8.35. The molecule has 1 heterocycles. The molecule has 6 heteroatoms. The highest BCUT2D eigenvalue weighted by Crippen LogP contribution is 2.14. The Morgan fingerprint density at radius 1 is 1.33 bits per heavy atom. The lowest BCUT2D eigenvalue weighted by atomic mass is 10.1. The van der Waals surface area contributed by atoms with E-state index >= 15 is 0 Å². The number of aromatic nitrogens is 1. The Morgan fingerprint density at radius 3 is 2.56 bits per heavy atom. The smallest absolute Gasteiger partial charge is 0.240 e. The van der Waals surface area contributed by atoms with Crippen LogP contribution in [0.3, 0.4) is 0 Å². The van der Waals surface area contributed by atoms with Crippen molar-refractivity contribution in [3.8, 4) is 0 Å². The van der Waals surface area contributed by atoms with Crippen LogP contribution in [0.25, 0.3) is 0 Å². The fourth-order valence-electron chi connectivity index (χ4n) is 1.80. The van der Waals surface area contributed by atoms with Gasteiger partial charge in [0.25, 0.3) is 0 Å². The van der Waals surface area contributed by atoms with Crippen molar-refractivity contribution in [2.75, 3.05) is 12.4 Å². The Kier molecular flexibility index (Phi) is 5.10. The average molecular weight is 271 g/mol. The third-order valence-electron chi connectivity index (χ3n) is 2.48. The standard InChI is InChI=1S/C12H21N3O2S/c1-9(2)7-10(3)15-18(16,17)11-5-6-14-12(8-11)13-4/h5-6,8-10,15H,7H2,1-4H3,(H,13,14). The minimum atomic E-state index is -3.47. The van der Waals surface area contributed by atoms with Crippen LogP contribution in [0.4, 0.5) is 5.82 Å². The molecule has 0 saturated carbocycles. The Balaban J connectivity index is 2.85. The molecule has 0 amide bonds. The second-order valence-corrected chi connectivity index (χ2v) is 6.49. The lowest BCUT2D eigenvalue weighted by Gasteiger charge is -2.16. The first-order valence-corrected chi connectivity index (χ1v) is 7.49. The summed E-state index contributed by atoms with van der Waals surface area (Å²) in [6, 6.07) is 2.93. The molecule has 5 nitrogen and oxygen atoms in total. The predicted octanol–water partition coefficient (Wildman–Crippen LogP) is 1.84. The van der Waals surface area contributed by atoms with E-state index in [4.69, 9.17) is 0 Å². The number of anilines is 1. The van der Waals surface area contributed by atoms with E-state index in [0.29, 0.717) is 11.7 Å². The number of nitrogens with zero attached hydrogens (tertiary/aromatic N) is 1. The van der Waals surface area contributed by atoms with Gasteiger partial charge in [-0.1, -0.05) is 13.8 Å². The summed E-state index contributed by atoms with van der Waals surface area (Å²) in [7, 11) is -1.77. The summed E-state index contributed by atoms with van der Waals surface area (Å²) in [4.78, 5) is 4.23. The fourth-order valence-corrected chi connectivity index (χ4v) is 3.07. The van der Waals surface area contributed by atoms with Crippen molar-refractivity contribution in [3.05, 3.63) is 18.3 Å². The Morgan fingerprint density at radius 2 is 2.00 bits per heavy atom. The van der Waals surface area contributed by atoms with Gasteiger partial charge in [0, 0.05) is 25.4 Å². The molecule has 0 spiro atoms. The molecule has 2 N–H and O–H groups in total. The van der Waals surface area contributed by atoms with Gasteiger partial charge in [-0.25, -0.2) is 18.1 Å². The molecule has 0 aliphatic rings. The number of sulfonamides is 1. The Hall–Kier alpha value is -1.14. The minimum absolute atomic E-state index is 0.0822. The van der Waals surface area contributed by atoms with Crippen molar-refractivity contribution in [3.63, 3.8) is 0 Å². The topological polar surface area (TPSA) is 71.1 Å². The van der Waals surface area contributed by atoms with Gasteiger partial charge in [0.05, 0.1) is 4.90 Å². The predicted molar refractivity (Wildman–Crippen MR) is 73.0 cm³/mol. The van der Waals surface area contributed by atoms with Crippen LogP contribution in [0.1, 0.15) is 27.2 Å². The van der Waals surface area contributed by atoms with E-state index in [2.05, 4.69) is 28.9 Å². The van der Waals surface area contributed by atoms with Crippen LogP contribution in [-0.2, 0) is 10.0 Å². The van der Waals surface area contributed by atoms with Crippen LogP contribution in [-0.4, -0.2) is 26.5 Å². The zero-order chi connectivity index (χ0) is 13.8. The maximum Gasteiger partial charge on any atom is 0.240 e. The summed E-state index contributed by atoms with van der Waals surface area (Å²) in [5.74, 6) is 0.988. The zero-order valence-electron chi connectivity index (χ0n) is 11.3. The molecule has 0 radical (unpaired) electrons. The van der Waals surface area contributed by atoms with Gasteiger partial charge in [0.1, 0.15) is 5.82 Å². The van der Waals surface area contributed by atoms with E-state index in [1.54, 1.807) is 7.05 Å². The zero-order valence-corrected chi connectivity index (χ0v) is 12.1. The van der Waals surface area contributed by atoms with E-state index < -0.39 is 10.0 Å². The quantitative estimate of drug-likeness (QED) is 0.828. The van der Waals surface area contributed by atoms with Gasteiger partial charge in [-0.05, 0) is 25.3 Å². The van der Waals surface area contributed by atoms with Crippen molar-refractivity contribution < 1.29 is 8.42 Å². The molecule has 1 aromatic heterocycles. The van der Waals surface area contributed by atoms with Crippen molar-refractivity contribution in [2.45, 2.75) is 38.1 Å². The van der Waals surface area contributed by atoms with Gasteiger partial charge >= 0.3 is 0 Å². The van der Waals surface area contributed by atoms with Crippen molar-refractivity contribution in [1.29, 1.82) is 0 Å². The fraction of sp³-hybridized carbons (Fsp3) is 0.583. The maximum atomic E-state index is 12.1. The molecule has 102 valence electrons. The summed E-state index contributed by atoms with van der Waals surface area (Å²) in [6.07, 6.45) is 2.29. The van der Waals surface area contributed by atoms with Crippen LogP contribution < -0.4 is 10.0 Å².